The van der Waals surface area contributed by atoms with Gasteiger partial charge in [0.1, 0.15) is 0 Å². The molecule has 0 saturated heterocycles. The van der Waals surface area contributed by atoms with E-state index in [0.717, 1.165) is 11.1 Å². The lowest BCUT2D eigenvalue weighted by molar-refractivity contribution is 0.0710. The Morgan fingerprint density at radius 2 is 1.43 bits per heavy atom. The van der Waals surface area contributed by atoms with Crippen LogP contribution in [-0.4, -0.2) is 23.4 Å². The van der Waals surface area contributed by atoms with E-state index in [1.807, 2.05) is 60.7 Å². The third-order valence-electron chi connectivity index (χ3n) is 3.52. The molecule has 0 heterocycles. The fourth-order valence-corrected chi connectivity index (χ4v) is 3.58. The largest absolute Gasteiger partial charge is 0.507 e. The second kappa shape index (κ2) is 11.8. The number of hydrogen-bond acceptors (Lipinski definition) is 6. The van der Waals surface area contributed by atoms with E-state index in [4.69, 9.17) is 30.3 Å². The molecule has 0 amide bonds. The Bertz CT molecular complexity index is 710. The number of phosphoric ester groups is 1. The average molecular weight is 429 g/mol. The first-order valence-electron chi connectivity index (χ1n) is 8.62. The van der Waals surface area contributed by atoms with Crippen LogP contribution in [0.2, 0.25) is 0 Å². The molecule has 1 N–H and O–H groups in total. The Balaban J connectivity index is 1.88. The Morgan fingerprint density at radius 3 is 1.89 bits per heavy atom. The monoisotopic (exact) mass is 428 g/mol. The normalized spacial score (nSPS) is 12.5. The molecule has 0 fully saturated rings. The molecule has 152 valence electrons. The minimum absolute atomic E-state index is 0.00700. The molecule has 2 aromatic rings. The maximum Gasteiger partial charge on any atom is 0.507 e. The summed E-state index contributed by atoms with van der Waals surface area (Å²) < 4.78 is 33.6. The van der Waals surface area contributed by atoms with Crippen LogP contribution in [0.15, 0.2) is 60.7 Å². The van der Waals surface area contributed by atoms with Crippen molar-refractivity contribution in [3.8, 4) is 0 Å². The first kappa shape index (κ1) is 22.4. The molecule has 0 radical (unpaired) electrons. The van der Waals surface area contributed by atoms with E-state index < -0.39 is 19.5 Å². The second-order valence-corrected chi connectivity index (χ2v) is 7.89. The SMILES string of the molecule is O=C(O)OC(Cl)CCCOP(=O)(OCc1ccccc1)OCc1ccccc1. The van der Waals surface area contributed by atoms with Crippen molar-refractivity contribution in [3.63, 3.8) is 0 Å². The van der Waals surface area contributed by atoms with Crippen molar-refractivity contribution in [2.45, 2.75) is 31.6 Å². The minimum atomic E-state index is -3.84. The molecule has 0 bridgehead atoms. The van der Waals surface area contributed by atoms with Crippen molar-refractivity contribution in [1.82, 2.24) is 0 Å². The summed E-state index contributed by atoms with van der Waals surface area (Å²) in [6.07, 6.45) is -0.941. The molecule has 7 nitrogen and oxygen atoms in total. The Kier molecular flexibility index (Phi) is 9.47. The molecule has 0 saturated carbocycles. The van der Waals surface area contributed by atoms with Crippen molar-refractivity contribution < 1.29 is 32.8 Å². The maximum atomic E-state index is 13.0. The maximum absolute atomic E-state index is 13.0. The summed E-state index contributed by atoms with van der Waals surface area (Å²) in [5.41, 5.74) is 0.645. The smallest absolute Gasteiger partial charge is 0.450 e. The van der Waals surface area contributed by atoms with Crippen LogP contribution in [0.4, 0.5) is 4.79 Å². The van der Waals surface area contributed by atoms with Gasteiger partial charge in [-0.15, -0.1) is 0 Å². The Labute approximate surface area is 168 Å². The fourth-order valence-electron chi connectivity index (χ4n) is 2.16. The summed E-state index contributed by atoms with van der Waals surface area (Å²) in [6, 6.07) is 18.5. The van der Waals surface area contributed by atoms with Crippen LogP contribution in [0.25, 0.3) is 0 Å². The van der Waals surface area contributed by atoms with E-state index in [2.05, 4.69) is 4.74 Å². The third-order valence-corrected chi connectivity index (χ3v) is 5.21. The molecule has 2 rings (SSSR count). The number of alkyl halides is 1. The number of halogens is 1. The molecule has 1 atom stereocenters. The van der Waals surface area contributed by atoms with Gasteiger partial charge in [0.25, 0.3) is 0 Å². The number of phosphoric acid groups is 1. The Morgan fingerprint density at radius 1 is 0.929 bits per heavy atom. The summed E-state index contributed by atoms with van der Waals surface area (Å²) in [5.74, 6) is 0. The predicted octanol–water partition coefficient (Wildman–Crippen LogP) is 5.58. The van der Waals surface area contributed by atoms with Crippen molar-refractivity contribution in [2.75, 3.05) is 6.61 Å². The topological polar surface area (TPSA) is 91.3 Å². The van der Waals surface area contributed by atoms with Crippen molar-refractivity contribution in [1.29, 1.82) is 0 Å². The van der Waals surface area contributed by atoms with E-state index in [1.165, 1.54) is 0 Å². The number of benzene rings is 2. The highest BCUT2D eigenvalue weighted by Gasteiger charge is 2.27. The zero-order valence-electron chi connectivity index (χ0n) is 15.1. The first-order valence-corrected chi connectivity index (χ1v) is 10.5. The molecule has 0 spiro atoms. The zero-order valence-corrected chi connectivity index (χ0v) is 16.8. The lowest BCUT2D eigenvalue weighted by Crippen LogP contribution is -2.11. The molecule has 0 aliphatic rings. The number of hydrogen-bond donors (Lipinski definition) is 1. The highest BCUT2D eigenvalue weighted by Crippen LogP contribution is 2.51. The standard InChI is InChI=1S/C19H22ClO7P/c20-18(27-19(21)22)12-7-13-24-28(23,25-14-16-8-3-1-4-9-16)26-15-17-10-5-2-6-11-17/h1-6,8-11,18H,7,12-15H2,(H,21,22). The summed E-state index contributed by atoms with van der Waals surface area (Å²) in [6.45, 7) is 0.132. The molecule has 9 heteroatoms. The van der Waals surface area contributed by atoms with E-state index in [9.17, 15) is 9.36 Å². The van der Waals surface area contributed by atoms with Crippen LogP contribution in [0.5, 0.6) is 0 Å². The number of carbonyl (C=O) groups is 1. The molecular weight excluding hydrogens is 407 g/mol. The summed E-state index contributed by atoms with van der Waals surface area (Å²) >= 11 is 5.72. The van der Waals surface area contributed by atoms with Crippen LogP contribution >= 0.6 is 19.4 Å². The summed E-state index contributed by atoms with van der Waals surface area (Å²) in [7, 11) is -3.84. The second-order valence-electron chi connectivity index (χ2n) is 5.73. The van der Waals surface area contributed by atoms with Gasteiger partial charge in [0.2, 0.25) is 0 Å². The van der Waals surface area contributed by atoms with Crippen molar-refractivity contribution in [3.05, 3.63) is 71.8 Å². The van der Waals surface area contributed by atoms with Crippen LogP contribution in [0.3, 0.4) is 0 Å². The molecule has 0 aromatic heterocycles. The molecular formula is C19H22ClO7P. The lowest BCUT2D eigenvalue weighted by atomic mass is 10.2. The summed E-state index contributed by atoms with van der Waals surface area (Å²) in [5, 5.41) is 8.50. The van der Waals surface area contributed by atoms with E-state index >= 15 is 0 Å². The lowest BCUT2D eigenvalue weighted by Gasteiger charge is -2.18. The van der Waals surface area contributed by atoms with Gasteiger partial charge in [-0.05, 0) is 17.5 Å². The van der Waals surface area contributed by atoms with Gasteiger partial charge in [0, 0.05) is 6.42 Å². The van der Waals surface area contributed by atoms with Gasteiger partial charge < -0.3 is 9.84 Å². The van der Waals surface area contributed by atoms with Gasteiger partial charge >= 0.3 is 14.0 Å². The number of rotatable bonds is 12. The Hall–Kier alpha value is -1.89. The van der Waals surface area contributed by atoms with Crippen LogP contribution in [-0.2, 0) is 36.1 Å². The van der Waals surface area contributed by atoms with E-state index in [1.54, 1.807) is 0 Å². The molecule has 1 unspecified atom stereocenters. The van der Waals surface area contributed by atoms with Gasteiger partial charge in [0.05, 0.1) is 19.8 Å². The predicted molar refractivity (Wildman–Crippen MR) is 104 cm³/mol. The van der Waals surface area contributed by atoms with Crippen molar-refractivity contribution >= 4 is 25.6 Å². The zero-order chi connectivity index (χ0) is 20.2. The van der Waals surface area contributed by atoms with Crippen LogP contribution < -0.4 is 0 Å². The summed E-state index contributed by atoms with van der Waals surface area (Å²) in [4.78, 5) is 10.4. The van der Waals surface area contributed by atoms with Crippen LogP contribution in [0.1, 0.15) is 24.0 Å². The van der Waals surface area contributed by atoms with E-state index in [0.29, 0.717) is 6.42 Å². The fraction of sp³-hybridized carbons (Fsp3) is 0.316. The molecule has 0 aliphatic heterocycles. The van der Waals surface area contributed by atoms with Gasteiger partial charge in [-0.25, -0.2) is 9.36 Å². The highest BCUT2D eigenvalue weighted by atomic mass is 35.5. The number of ether oxygens (including phenoxy) is 1. The van der Waals surface area contributed by atoms with E-state index in [-0.39, 0.29) is 26.2 Å². The first-order chi connectivity index (χ1) is 13.5. The average Bonchev–Trinajstić information content (AvgIpc) is 2.70. The minimum Gasteiger partial charge on any atom is -0.450 e. The van der Waals surface area contributed by atoms with Crippen molar-refractivity contribution in [2.24, 2.45) is 0 Å². The van der Waals surface area contributed by atoms with Crippen LogP contribution in [0, 0.1) is 0 Å². The molecule has 28 heavy (non-hydrogen) atoms. The highest BCUT2D eigenvalue weighted by molar-refractivity contribution is 7.48. The molecule has 0 aliphatic carbocycles. The van der Waals surface area contributed by atoms with Gasteiger partial charge in [-0.1, -0.05) is 72.3 Å². The molecule has 2 aromatic carbocycles. The third kappa shape index (κ3) is 8.87. The quantitative estimate of drug-likeness (QED) is 0.204. The van der Waals surface area contributed by atoms with Gasteiger partial charge in [-0.2, -0.15) is 0 Å². The number of carboxylic acid groups (broad SMARTS) is 1. The van der Waals surface area contributed by atoms with Gasteiger partial charge in [-0.3, -0.25) is 13.6 Å². The van der Waals surface area contributed by atoms with Gasteiger partial charge in [0.15, 0.2) is 5.56 Å².